The summed E-state index contributed by atoms with van der Waals surface area (Å²) in [5.74, 6) is 1.05. The van der Waals surface area contributed by atoms with E-state index in [1.165, 1.54) is 24.6 Å². The number of fused-ring (bicyclic) bond motifs is 1. The molecule has 0 saturated carbocycles. The second-order valence-corrected chi connectivity index (χ2v) is 5.84. The van der Waals surface area contributed by atoms with E-state index in [4.69, 9.17) is 5.73 Å². The van der Waals surface area contributed by atoms with Crippen molar-refractivity contribution in [3.63, 3.8) is 0 Å². The molecule has 0 bridgehead atoms. The molecule has 5 nitrogen and oxygen atoms in total. The van der Waals surface area contributed by atoms with Gasteiger partial charge in [-0.05, 0) is 42.8 Å². The Labute approximate surface area is 121 Å². The fourth-order valence-corrected chi connectivity index (χ4v) is 3.29. The van der Waals surface area contributed by atoms with Crippen LogP contribution in [0.4, 0.5) is 5.69 Å². The van der Waals surface area contributed by atoms with Crippen molar-refractivity contribution in [2.24, 2.45) is 0 Å². The molecule has 102 valence electrons. The number of nitriles is 1. The van der Waals surface area contributed by atoms with Crippen LogP contribution in [0.15, 0.2) is 28.3 Å². The highest BCUT2D eigenvalue weighted by Crippen LogP contribution is 2.31. The topological polar surface area (TPSA) is 80.5 Å². The highest BCUT2D eigenvalue weighted by molar-refractivity contribution is 7.99. The van der Waals surface area contributed by atoms with Gasteiger partial charge in [0.05, 0.1) is 5.56 Å². The smallest absolute Gasteiger partial charge is 0.196 e. The van der Waals surface area contributed by atoms with Crippen LogP contribution in [0.3, 0.4) is 0 Å². The van der Waals surface area contributed by atoms with E-state index in [2.05, 4.69) is 20.8 Å². The summed E-state index contributed by atoms with van der Waals surface area (Å²) in [4.78, 5) is 0.876. The Morgan fingerprint density at radius 1 is 1.25 bits per heavy atom. The van der Waals surface area contributed by atoms with E-state index in [0.29, 0.717) is 11.3 Å². The minimum Gasteiger partial charge on any atom is -0.399 e. The van der Waals surface area contributed by atoms with Crippen LogP contribution in [-0.2, 0) is 13.0 Å². The lowest BCUT2D eigenvalue weighted by Gasteiger charge is -2.07. The largest absolute Gasteiger partial charge is 0.399 e. The molecule has 1 aromatic heterocycles. The molecular weight excluding hydrogens is 270 g/mol. The van der Waals surface area contributed by atoms with Gasteiger partial charge in [-0.3, -0.25) is 0 Å². The second kappa shape index (κ2) is 5.55. The molecule has 0 fully saturated rings. The minimum absolute atomic E-state index is 0.584. The molecule has 0 atom stereocenters. The molecule has 20 heavy (non-hydrogen) atoms. The number of rotatable bonds is 2. The van der Waals surface area contributed by atoms with Crippen molar-refractivity contribution in [2.75, 3.05) is 5.73 Å². The van der Waals surface area contributed by atoms with Crippen LogP contribution in [0.5, 0.6) is 0 Å². The third kappa shape index (κ3) is 2.49. The van der Waals surface area contributed by atoms with Gasteiger partial charge >= 0.3 is 0 Å². The second-order valence-electron chi connectivity index (χ2n) is 4.83. The molecule has 2 N–H and O–H groups in total. The van der Waals surface area contributed by atoms with Crippen molar-refractivity contribution >= 4 is 17.4 Å². The predicted molar refractivity (Wildman–Crippen MR) is 77.3 cm³/mol. The molecule has 2 aromatic rings. The SMILES string of the molecule is N#Cc1cc(N)ccc1Sc1nnc2n1CCCCC2. The maximum absolute atomic E-state index is 9.19. The Balaban J connectivity index is 1.92. The van der Waals surface area contributed by atoms with Crippen molar-refractivity contribution in [1.29, 1.82) is 5.26 Å². The number of aromatic nitrogens is 3. The normalized spacial score (nSPS) is 14.3. The third-order valence-electron chi connectivity index (χ3n) is 3.40. The van der Waals surface area contributed by atoms with Crippen molar-refractivity contribution in [2.45, 2.75) is 42.3 Å². The van der Waals surface area contributed by atoms with Crippen molar-refractivity contribution in [3.8, 4) is 6.07 Å². The first-order chi connectivity index (χ1) is 9.78. The molecule has 1 aliphatic rings. The number of nitrogen functional groups attached to an aromatic ring is 1. The first kappa shape index (κ1) is 13.0. The van der Waals surface area contributed by atoms with E-state index < -0.39 is 0 Å². The van der Waals surface area contributed by atoms with Crippen LogP contribution >= 0.6 is 11.8 Å². The monoisotopic (exact) mass is 285 g/mol. The quantitative estimate of drug-likeness (QED) is 0.858. The number of benzene rings is 1. The zero-order valence-electron chi connectivity index (χ0n) is 11.0. The first-order valence-corrected chi connectivity index (χ1v) is 7.49. The predicted octanol–water partition coefficient (Wildman–Crippen LogP) is 2.61. The fraction of sp³-hybridized carbons (Fsp3) is 0.357. The first-order valence-electron chi connectivity index (χ1n) is 6.67. The van der Waals surface area contributed by atoms with E-state index in [0.717, 1.165) is 35.3 Å². The number of hydrogen-bond donors (Lipinski definition) is 1. The van der Waals surface area contributed by atoms with E-state index in [1.807, 2.05) is 12.1 Å². The van der Waals surface area contributed by atoms with Crippen LogP contribution in [0, 0.1) is 11.3 Å². The summed E-state index contributed by atoms with van der Waals surface area (Å²) in [6.45, 7) is 0.960. The molecule has 3 rings (SSSR count). The Kier molecular flexibility index (Phi) is 3.61. The molecule has 0 radical (unpaired) electrons. The van der Waals surface area contributed by atoms with Gasteiger partial charge in [0.2, 0.25) is 0 Å². The summed E-state index contributed by atoms with van der Waals surface area (Å²) in [5, 5.41) is 18.6. The van der Waals surface area contributed by atoms with E-state index in [9.17, 15) is 5.26 Å². The summed E-state index contributed by atoms with van der Waals surface area (Å²) < 4.78 is 2.18. The zero-order valence-corrected chi connectivity index (χ0v) is 11.9. The molecule has 0 saturated heterocycles. The van der Waals surface area contributed by atoms with Crippen molar-refractivity contribution in [3.05, 3.63) is 29.6 Å². The van der Waals surface area contributed by atoms with Crippen LogP contribution in [0.1, 0.15) is 30.7 Å². The molecule has 2 heterocycles. The van der Waals surface area contributed by atoms with Gasteiger partial charge in [0.25, 0.3) is 0 Å². The molecule has 6 heteroatoms. The molecule has 1 aromatic carbocycles. The Morgan fingerprint density at radius 2 is 2.15 bits per heavy atom. The van der Waals surface area contributed by atoms with Crippen LogP contribution in [0.2, 0.25) is 0 Å². The average Bonchev–Trinajstić information content (AvgIpc) is 2.69. The molecule has 0 spiro atoms. The summed E-state index contributed by atoms with van der Waals surface area (Å²) in [6.07, 6.45) is 4.55. The number of nitrogens with zero attached hydrogens (tertiary/aromatic N) is 4. The Morgan fingerprint density at radius 3 is 3.00 bits per heavy atom. The van der Waals surface area contributed by atoms with Crippen molar-refractivity contribution < 1.29 is 0 Å². The third-order valence-corrected chi connectivity index (χ3v) is 4.46. The number of aryl methyl sites for hydroxylation is 1. The summed E-state index contributed by atoms with van der Waals surface area (Å²) in [7, 11) is 0. The lowest BCUT2D eigenvalue weighted by Crippen LogP contribution is -2.02. The van der Waals surface area contributed by atoms with Crippen LogP contribution in [0.25, 0.3) is 0 Å². The summed E-state index contributed by atoms with van der Waals surface area (Å²) in [5.41, 5.74) is 6.90. The molecule has 1 aliphatic heterocycles. The molecular formula is C14H15N5S. The van der Waals surface area contributed by atoms with Gasteiger partial charge in [-0.2, -0.15) is 5.26 Å². The highest BCUT2D eigenvalue weighted by atomic mass is 32.2. The Hall–Kier alpha value is -2.00. The average molecular weight is 285 g/mol. The Bertz CT molecular complexity index is 671. The number of nitrogens with two attached hydrogens (primary N) is 1. The zero-order chi connectivity index (χ0) is 13.9. The van der Waals surface area contributed by atoms with Gasteiger partial charge in [-0.25, -0.2) is 0 Å². The van der Waals surface area contributed by atoms with E-state index in [1.54, 1.807) is 6.07 Å². The van der Waals surface area contributed by atoms with Gasteiger partial charge < -0.3 is 10.3 Å². The molecule has 0 aliphatic carbocycles. The van der Waals surface area contributed by atoms with Crippen LogP contribution < -0.4 is 5.73 Å². The summed E-state index contributed by atoms with van der Waals surface area (Å²) >= 11 is 1.49. The van der Waals surface area contributed by atoms with E-state index in [-0.39, 0.29) is 0 Å². The minimum atomic E-state index is 0.584. The maximum atomic E-state index is 9.19. The van der Waals surface area contributed by atoms with Gasteiger partial charge in [0.15, 0.2) is 5.16 Å². The fourth-order valence-electron chi connectivity index (χ4n) is 2.36. The maximum Gasteiger partial charge on any atom is 0.196 e. The van der Waals surface area contributed by atoms with Gasteiger partial charge in [-0.15, -0.1) is 10.2 Å². The standard InChI is InChI=1S/C14H15N5S/c15-9-10-8-11(16)5-6-12(10)20-14-18-17-13-4-2-1-3-7-19(13)14/h5-6,8H,1-4,7,16H2. The lowest BCUT2D eigenvalue weighted by atomic mass is 10.2. The van der Waals surface area contributed by atoms with Gasteiger partial charge in [0, 0.05) is 23.5 Å². The number of hydrogen-bond acceptors (Lipinski definition) is 5. The molecule has 0 amide bonds. The number of anilines is 1. The lowest BCUT2D eigenvalue weighted by molar-refractivity contribution is 0.591. The van der Waals surface area contributed by atoms with E-state index >= 15 is 0 Å². The van der Waals surface area contributed by atoms with Gasteiger partial charge in [-0.1, -0.05) is 6.42 Å². The molecule has 0 unspecified atom stereocenters. The van der Waals surface area contributed by atoms with Crippen molar-refractivity contribution in [1.82, 2.24) is 14.8 Å². The summed E-state index contributed by atoms with van der Waals surface area (Å²) in [6, 6.07) is 7.56. The van der Waals surface area contributed by atoms with Gasteiger partial charge in [0.1, 0.15) is 11.9 Å². The highest BCUT2D eigenvalue weighted by Gasteiger charge is 2.16. The van der Waals surface area contributed by atoms with Crippen LogP contribution in [-0.4, -0.2) is 14.8 Å².